The minimum absolute atomic E-state index is 0.0676. The maximum absolute atomic E-state index is 11.9. The van der Waals surface area contributed by atoms with E-state index in [1.54, 1.807) is 0 Å². The molecule has 0 bridgehead atoms. The van der Waals surface area contributed by atoms with Crippen LogP contribution >= 0.6 is 0 Å². The van der Waals surface area contributed by atoms with Crippen molar-refractivity contribution in [3.63, 3.8) is 0 Å². The summed E-state index contributed by atoms with van der Waals surface area (Å²) < 4.78 is 5.53. The summed E-state index contributed by atoms with van der Waals surface area (Å²) in [7, 11) is 0. The Kier molecular flexibility index (Phi) is 6.21. The summed E-state index contributed by atoms with van der Waals surface area (Å²) in [6, 6.07) is 8.38. The topological polar surface area (TPSA) is 50.4 Å². The molecule has 2 N–H and O–H groups in total. The summed E-state index contributed by atoms with van der Waals surface area (Å²) in [5, 5.41) is 6.32. The largest absolute Gasteiger partial charge is 0.378 e. The van der Waals surface area contributed by atoms with Crippen molar-refractivity contribution >= 4 is 11.6 Å². The molecule has 0 radical (unpaired) electrons. The van der Waals surface area contributed by atoms with Crippen molar-refractivity contribution in [3.8, 4) is 0 Å². The molecule has 1 aromatic carbocycles. The second kappa shape index (κ2) is 8.15. The quantitative estimate of drug-likeness (QED) is 0.810. The number of nitrogens with one attached hydrogen (secondary N) is 2. The van der Waals surface area contributed by atoms with Gasteiger partial charge in [-0.25, -0.2) is 0 Å². The zero-order chi connectivity index (χ0) is 15.1. The average molecular weight is 290 g/mol. The van der Waals surface area contributed by atoms with Crippen LogP contribution in [0.5, 0.6) is 0 Å². The van der Waals surface area contributed by atoms with Crippen molar-refractivity contribution in [2.75, 3.05) is 18.5 Å². The van der Waals surface area contributed by atoms with E-state index in [4.69, 9.17) is 4.74 Å². The maximum Gasteiger partial charge on any atom is 0.224 e. The highest BCUT2D eigenvalue weighted by Gasteiger charge is 2.16. The minimum atomic E-state index is 0.0676. The predicted octanol–water partition coefficient (Wildman–Crippen LogP) is 3.25. The summed E-state index contributed by atoms with van der Waals surface area (Å²) in [5.74, 6) is 0.0676. The van der Waals surface area contributed by atoms with Gasteiger partial charge in [-0.05, 0) is 50.4 Å². The molecule has 4 nitrogen and oxygen atoms in total. The van der Waals surface area contributed by atoms with Crippen molar-refractivity contribution in [2.24, 2.45) is 0 Å². The third kappa shape index (κ3) is 5.14. The summed E-state index contributed by atoms with van der Waals surface area (Å²) in [6.45, 7) is 6.03. The first-order valence-corrected chi connectivity index (χ1v) is 7.94. The van der Waals surface area contributed by atoms with E-state index in [9.17, 15) is 4.79 Å². The number of rotatable bonds is 7. The van der Waals surface area contributed by atoms with Gasteiger partial charge in [0.1, 0.15) is 0 Å². The van der Waals surface area contributed by atoms with Gasteiger partial charge < -0.3 is 15.4 Å². The highest BCUT2D eigenvalue weighted by molar-refractivity contribution is 5.90. The minimum Gasteiger partial charge on any atom is -0.378 e. The van der Waals surface area contributed by atoms with Crippen LogP contribution in [-0.2, 0) is 9.53 Å². The number of ether oxygens (including phenoxy) is 1. The van der Waals surface area contributed by atoms with Gasteiger partial charge in [-0.1, -0.05) is 19.1 Å². The van der Waals surface area contributed by atoms with Crippen LogP contribution in [0.1, 0.15) is 51.1 Å². The average Bonchev–Trinajstić information content (AvgIpc) is 2.99. The fourth-order valence-electron chi connectivity index (χ4n) is 2.67. The second-order valence-corrected chi connectivity index (χ2v) is 5.62. The third-order valence-corrected chi connectivity index (χ3v) is 3.92. The van der Waals surface area contributed by atoms with Crippen LogP contribution in [0.2, 0.25) is 0 Å². The first-order chi connectivity index (χ1) is 10.2. The van der Waals surface area contributed by atoms with Crippen LogP contribution in [0, 0.1) is 0 Å². The first kappa shape index (κ1) is 16.0. The van der Waals surface area contributed by atoms with E-state index in [2.05, 4.69) is 36.6 Å². The monoisotopic (exact) mass is 290 g/mol. The molecule has 4 heteroatoms. The van der Waals surface area contributed by atoms with Gasteiger partial charge in [0.05, 0.1) is 6.10 Å². The standard InChI is InChI=1S/C17H26N2O2/c1-3-18-13(2)14-6-8-15(9-7-14)19-17(20)11-10-16-5-4-12-21-16/h6-9,13,16,18H,3-5,10-12H2,1-2H3,(H,19,20). The molecule has 0 spiro atoms. The van der Waals surface area contributed by atoms with Crippen LogP contribution in [-0.4, -0.2) is 25.2 Å². The van der Waals surface area contributed by atoms with Crippen LogP contribution < -0.4 is 10.6 Å². The number of carbonyl (C=O) groups is 1. The predicted molar refractivity (Wildman–Crippen MR) is 85.4 cm³/mol. The molecule has 2 rings (SSSR count). The molecular formula is C17H26N2O2. The van der Waals surface area contributed by atoms with E-state index < -0.39 is 0 Å². The molecule has 116 valence electrons. The number of hydrogen-bond donors (Lipinski definition) is 2. The number of hydrogen-bond acceptors (Lipinski definition) is 3. The van der Waals surface area contributed by atoms with Gasteiger partial charge in [0.15, 0.2) is 0 Å². The normalized spacial score (nSPS) is 19.4. The second-order valence-electron chi connectivity index (χ2n) is 5.62. The zero-order valence-electron chi connectivity index (χ0n) is 13.0. The highest BCUT2D eigenvalue weighted by atomic mass is 16.5. The fourth-order valence-corrected chi connectivity index (χ4v) is 2.67. The molecule has 1 aromatic rings. The molecule has 1 aliphatic rings. The fraction of sp³-hybridized carbons (Fsp3) is 0.588. The lowest BCUT2D eigenvalue weighted by Gasteiger charge is -2.13. The van der Waals surface area contributed by atoms with Crippen LogP contribution in [0.25, 0.3) is 0 Å². The molecule has 1 heterocycles. The van der Waals surface area contributed by atoms with Crippen molar-refractivity contribution in [1.82, 2.24) is 5.32 Å². The number of carbonyl (C=O) groups excluding carboxylic acids is 1. The van der Waals surface area contributed by atoms with Gasteiger partial charge >= 0.3 is 0 Å². The summed E-state index contributed by atoms with van der Waals surface area (Å²) in [5.41, 5.74) is 2.09. The van der Waals surface area contributed by atoms with Crippen LogP contribution in [0.4, 0.5) is 5.69 Å². The lowest BCUT2D eigenvalue weighted by atomic mass is 10.1. The van der Waals surface area contributed by atoms with Crippen molar-refractivity contribution in [3.05, 3.63) is 29.8 Å². The summed E-state index contributed by atoms with van der Waals surface area (Å²) in [4.78, 5) is 11.9. The molecule has 21 heavy (non-hydrogen) atoms. The van der Waals surface area contributed by atoms with Gasteiger partial charge in [0.2, 0.25) is 5.91 Å². The van der Waals surface area contributed by atoms with E-state index in [0.29, 0.717) is 12.5 Å². The maximum atomic E-state index is 11.9. The zero-order valence-corrected chi connectivity index (χ0v) is 13.0. The molecule has 2 unspecified atom stereocenters. The van der Waals surface area contributed by atoms with E-state index in [1.165, 1.54) is 5.56 Å². The molecule has 2 atom stereocenters. The van der Waals surface area contributed by atoms with Gasteiger partial charge in [-0.2, -0.15) is 0 Å². The Morgan fingerprint density at radius 2 is 2.14 bits per heavy atom. The summed E-state index contributed by atoms with van der Waals surface area (Å²) in [6.07, 6.45) is 3.84. The van der Waals surface area contributed by atoms with E-state index in [0.717, 1.165) is 38.1 Å². The lowest BCUT2D eigenvalue weighted by molar-refractivity contribution is -0.116. The molecule has 0 aliphatic carbocycles. The summed E-state index contributed by atoms with van der Waals surface area (Å²) >= 11 is 0. The molecule has 1 aliphatic heterocycles. The van der Waals surface area contributed by atoms with Crippen LogP contribution in [0.3, 0.4) is 0 Å². The van der Waals surface area contributed by atoms with E-state index >= 15 is 0 Å². The van der Waals surface area contributed by atoms with Crippen LogP contribution in [0.15, 0.2) is 24.3 Å². The SMILES string of the molecule is CCNC(C)c1ccc(NC(=O)CCC2CCCO2)cc1. The van der Waals surface area contributed by atoms with Crippen molar-refractivity contribution in [2.45, 2.75) is 51.7 Å². The first-order valence-electron chi connectivity index (χ1n) is 7.94. The Morgan fingerprint density at radius 1 is 1.38 bits per heavy atom. The van der Waals surface area contributed by atoms with Gasteiger partial charge in [-0.3, -0.25) is 4.79 Å². The highest BCUT2D eigenvalue weighted by Crippen LogP contribution is 2.18. The van der Waals surface area contributed by atoms with Gasteiger partial charge in [0.25, 0.3) is 0 Å². The van der Waals surface area contributed by atoms with Crippen molar-refractivity contribution < 1.29 is 9.53 Å². The Balaban J connectivity index is 1.77. The van der Waals surface area contributed by atoms with Crippen molar-refractivity contribution in [1.29, 1.82) is 0 Å². The van der Waals surface area contributed by atoms with E-state index in [1.807, 2.05) is 12.1 Å². The number of amides is 1. The smallest absolute Gasteiger partial charge is 0.224 e. The van der Waals surface area contributed by atoms with Gasteiger partial charge in [0, 0.05) is 24.8 Å². The Hall–Kier alpha value is -1.39. The Bertz CT molecular complexity index is 439. The molecule has 1 saturated heterocycles. The molecule has 0 aromatic heterocycles. The molecule has 0 saturated carbocycles. The molecular weight excluding hydrogens is 264 g/mol. The third-order valence-electron chi connectivity index (χ3n) is 3.92. The van der Waals surface area contributed by atoms with Gasteiger partial charge in [-0.15, -0.1) is 0 Å². The number of benzene rings is 1. The van der Waals surface area contributed by atoms with E-state index in [-0.39, 0.29) is 12.0 Å². The lowest BCUT2D eigenvalue weighted by Crippen LogP contribution is -2.18. The Labute approximate surface area is 127 Å². The number of anilines is 1. The molecule has 1 fully saturated rings. The molecule has 1 amide bonds. The Morgan fingerprint density at radius 3 is 2.76 bits per heavy atom.